The van der Waals surface area contributed by atoms with Gasteiger partial charge in [0.2, 0.25) is 0 Å². The Bertz CT molecular complexity index is 782. The number of carbonyl (C=O) groups is 1. The molecule has 0 fully saturated rings. The van der Waals surface area contributed by atoms with E-state index < -0.39 is 5.97 Å². The maximum absolute atomic E-state index is 10.7. The number of carboxylic acids is 1. The van der Waals surface area contributed by atoms with E-state index in [1.54, 1.807) is 18.2 Å². The molecule has 0 bridgehead atoms. The SMILES string of the molecule is Cl.O=C(O)Cc1ccc2nc(-c3ccc(Cl)cc3)[nH]c2c1. The normalized spacial score (nSPS) is 10.3. The van der Waals surface area contributed by atoms with Gasteiger partial charge in [0.1, 0.15) is 5.82 Å². The number of carboxylic acid groups (broad SMARTS) is 1. The third kappa shape index (κ3) is 3.35. The topological polar surface area (TPSA) is 66.0 Å². The van der Waals surface area contributed by atoms with Crippen LogP contribution in [0.4, 0.5) is 0 Å². The lowest BCUT2D eigenvalue weighted by atomic mass is 10.1. The predicted molar refractivity (Wildman–Crippen MR) is 85.1 cm³/mol. The summed E-state index contributed by atoms with van der Waals surface area (Å²) in [4.78, 5) is 18.4. The second-order valence-electron chi connectivity index (χ2n) is 4.51. The number of nitrogens with zero attached hydrogens (tertiary/aromatic N) is 1. The maximum Gasteiger partial charge on any atom is 0.307 e. The molecule has 108 valence electrons. The van der Waals surface area contributed by atoms with Crippen LogP contribution in [0.2, 0.25) is 5.02 Å². The quantitative estimate of drug-likeness (QED) is 0.767. The first-order chi connectivity index (χ1) is 9.61. The molecule has 0 aliphatic heterocycles. The standard InChI is InChI=1S/C15H11ClN2O2.ClH/c16-11-4-2-10(3-5-11)15-17-12-6-1-9(8-14(19)20)7-13(12)18-15;/h1-7H,8H2,(H,17,18)(H,19,20);1H. The number of halogens is 2. The van der Waals surface area contributed by atoms with Crippen molar-refractivity contribution in [2.45, 2.75) is 6.42 Å². The summed E-state index contributed by atoms with van der Waals surface area (Å²) in [6.45, 7) is 0. The summed E-state index contributed by atoms with van der Waals surface area (Å²) in [5, 5.41) is 9.48. The molecule has 0 saturated carbocycles. The molecule has 21 heavy (non-hydrogen) atoms. The summed E-state index contributed by atoms with van der Waals surface area (Å²) >= 11 is 5.86. The highest BCUT2D eigenvalue weighted by Crippen LogP contribution is 2.22. The van der Waals surface area contributed by atoms with Crippen LogP contribution in [0, 0.1) is 0 Å². The van der Waals surface area contributed by atoms with Gasteiger partial charge in [0.05, 0.1) is 17.5 Å². The first-order valence-electron chi connectivity index (χ1n) is 6.08. The number of H-pyrrole nitrogens is 1. The number of rotatable bonds is 3. The summed E-state index contributed by atoms with van der Waals surface area (Å²) in [6, 6.07) is 12.8. The van der Waals surface area contributed by atoms with Crippen molar-refractivity contribution in [2.75, 3.05) is 0 Å². The van der Waals surface area contributed by atoms with Crippen LogP contribution in [0.3, 0.4) is 0 Å². The Labute approximate surface area is 132 Å². The minimum absolute atomic E-state index is 0. The molecular formula is C15H12Cl2N2O2. The smallest absolute Gasteiger partial charge is 0.307 e. The van der Waals surface area contributed by atoms with Crippen molar-refractivity contribution in [2.24, 2.45) is 0 Å². The molecule has 3 aromatic rings. The third-order valence-corrected chi connectivity index (χ3v) is 3.27. The van der Waals surface area contributed by atoms with E-state index in [0.717, 1.165) is 28.0 Å². The molecular weight excluding hydrogens is 311 g/mol. The van der Waals surface area contributed by atoms with Crippen LogP contribution in [-0.4, -0.2) is 21.0 Å². The van der Waals surface area contributed by atoms with Crippen LogP contribution in [-0.2, 0) is 11.2 Å². The van der Waals surface area contributed by atoms with Crippen LogP contribution in [0.15, 0.2) is 42.5 Å². The molecule has 0 atom stereocenters. The minimum Gasteiger partial charge on any atom is -0.481 e. The van der Waals surface area contributed by atoms with Crippen LogP contribution in [0.25, 0.3) is 22.4 Å². The van der Waals surface area contributed by atoms with E-state index in [-0.39, 0.29) is 18.8 Å². The predicted octanol–water partition coefficient (Wildman–Crippen LogP) is 3.93. The molecule has 2 aromatic carbocycles. The van der Waals surface area contributed by atoms with Gasteiger partial charge in [-0.05, 0) is 42.0 Å². The van der Waals surface area contributed by atoms with E-state index in [9.17, 15) is 4.79 Å². The molecule has 0 amide bonds. The number of aliphatic carboxylic acids is 1. The van der Waals surface area contributed by atoms with Gasteiger partial charge in [-0.25, -0.2) is 4.98 Å². The van der Waals surface area contributed by atoms with Crippen LogP contribution >= 0.6 is 24.0 Å². The number of benzene rings is 2. The van der Waals surface area contributed by atoms with Crippen molar-refractivity contribution < 1.29 is 9.90 Å². The summed E-state index contributed by atoms with van der Waals surface area (Å²) in [6.07, 6.45) is 0.00520. The van der Waals surface area contributed by atoms with Gasteiger partial charge < -0.3 is 10.1 Å². The van der Waals surface area contributed by atoms with Gasteiger partial charge in [-0.1, -0.05) is 17.7 Å². The zero-order valence-corrected chi connectivity index (χ0v) is 12.4. The molecule has 4 nitrogen and oxygen atoms in total. The Hall–Kier alpha value is -2.04. The van der Waals surface area contributed by atoms with Crippen LogP contribution in [0.5, 0.6) is 0 Å². The van der Waals surface area contributed by atoms with Crippen LogP contribution in [0.1, 0.15) is 5.56 Å². The number of hydrogen-bond donors (Lipinski definition) is 2. The van der Waals surface area contributed by atoms with Gasteiger partial charge in [-0.2, -0.15) is 0 Å². The monoisotopic (exact) mass is 322 g/mol. The van der Waals surface area contributed by atoms with Gasteiger partial charge in [-0.15, -0.1) is 12.4 Å². The number of aromatic nitrogens is 2. The Kier molecular flexibility index (Phi) is 4.50. The Morgan fingerprint density at radius 1 is 1.19 bits per heavy atom. The molecule has 3 rings (SSSR count). The van der Waals surface area contributed by atoms with Gasteiger partial charge >= 0.3 is 5.97 Å². The zero-order valence-electron chi connectivity index (χ0n) is 10.8. The molecule has 0 aliphatic carbocycles. The van der Waals surface area contributed by atoms with Crippen molar-refractivity contribution in [3.05, 3.63) is 53.1 Å². The highest BCUT2D eigenvalue weighted by molar-refractivity contribution is 6.30. The molecule has 1 aromatic heterocycles. The second-order valence-corrected chi connectivity index (χ2v) is 4.95. The van der Waals surface area contributed by atoms with E-state index in [2.05, 4.69) is 9.97 Å². The number of imidazole rings is 1. The molecule has 0 radical (unpaired) electrons. The van der Waals surface area contributed by atoms with Crippen molar-refractivity contribution >= 4 is 41.0 Å². The molecule has 0 aliphatic rings. The molecule has 0 spiro atoms. The Morgan fingerprint density at radius 2 is 1.90 bits per heavy atom. The fourth-order valence-corrected chi connectivity index (χ4v) is 2.21. The number of fused-ring (bicyclic) bond motifs is 1. The van der Waals surface area contributed by atoms with Gasteiger partial charge in [0.15, 0.2) is 0 Å². The zero-order chi connectivity index (χ0) is 14.1. The number of hydrogen-bond acceptors (Lipinski definition) is 2. The van der Waals surface area contributed by atoms with Crippen molar-refractivity contribution in [3.63, 3.8) is 0 Å². The third-order valence-electron chi connectivity index (χ3n) is 3.02. The lowest BCUT2D eigenvalue weighted by Crippen LogP contribution is -1.99. The van der Waals surface area contributed by atoms with Crippen LogP contribution < -0.4 is 0 Å². The van der Waals surface area contributed by atoms with E-state index in [4.69, 9.17) is 16.7 Å². The van der Waals surface area contributed by atoms with Crippen molar-refractivity contribution in [1.29, 1.82) is 0 Å². The van der Waals surface area contributed by atoms with Gasteiger partial charge in [0.25, 0.3) is 0 Å². The molecule has 6 heteroatoms. The lowest BCUT2D eigenvalue weighted by molar-refractivity contribution is -0.136. The van der Waals surface area contributed by atoms with Gasteiger partial charge in [0, 0.05) is 10.6 Å². The fraction of sp³-hybridized carbons (Fsp3) is 0.0667. The summed E-state index contributed by atoms with van der Waals surface area (Å²) in [7, 11) is 0. The summed E-state index contributed by atoms with van der Waals surface area (Å²) in [5.41, 5.74) is 3.32. The maximum atomic E-state index is 10.7. The second kappa shape index (κ2) is 6.16. The number of aromatic amines is 1. The van der Waals surface area contributed by atoms with E-state index in [1.807, 2.05) is 24.3 Å². The summed E-state index contributed by atoms with van der Waals surface area (Å²) < 4.78 is 0. The molecule has 1 heterocycles. The molecule has 0 unspecified atom stereocenters. The largest absolute Gasteiger partial charge is 0.481 e. The van der Waals surface area contributed by atoms with Crippen molar-refractivity contribution in [3.8, 4) is 11.4 Å². The van der Waals surface area contributed by atoms with E-state index in [0.29, 0.717) is 5.02 Å². The summed E-state index contributed by atoms with van der Waals surface area (Å²) in [5.74, 6) is -0.106. The Morgan fingerprint density at radius 3 is 2.57 bits per heavy atom. The van der Waals surface area contributed by atoms with E-state index >= 15 is 0 Å². The highest BCUT2D eigenvalue weighted by Gasteiger charge is 2.07. The number of nitrogens with one attached hydrogen (secondary N) is 1. The van der Waals surface area contributed by atoms with E-state index in [1.165, 1.54) is 0 Å². The first kappa shape index (κ1) is 15.4. The van der Waals surface area contributed by atoms with Crippen molar-refractivity contribution in [1.82, 2.24) is 9.97 Å². The fourth-order valence-electron chi connectivity index (χ4n) is 2.09. The average Bonchev–Trinajstić information content (AvgIpc) is 2.81. The minimum atomic E-state index is -0.846. The molecule has 2 N–H and O–H groups in total. The molecule has 0 saturated heterocycles. The first-order valence-corrected chi connectivity index (χ1v) is 6.46. The Balaban J connectivity index is 0.00000161. The van der Waals surface area contributed by atoms with Gasteiger partial charge in [-0.3, -0.25) is 4.79 Å². The highest BCUT2D eigenvalue weighted by atomic mass is 35.5. The lowest BCUT2D eigenvalue weighted by Gasteiger charge is -1.96. The average molecular weight is 323 g/mol.